The van der Waals surface area contributed by atoms with Gasteiger partial charge in [-0.1, -0.05) is 19.4 Å². The molecule has 9 heteroatoms. The number of unbranched alkanes of at least 4 members (excludes halogenated alkanes) is 1. The summed E-state index contributed by atoms with van der Waals surface area (Å²) in [4.78, 5) is 34.1. The molecule has 2 heterocycles. The van der Waals surface area contributed by atoms with E-state index < -0.39 is 0 Å². The van der Waals surface area contributed by atoms with Crippen LogP contribution in [0.4, 0.5) is 11.6 Å². The van der Waals surface area contributed by atoms with Crippen molar-refractivity contribution in [1.29, 1.82) is 0 Å². The van der Waals surface area contributed by atoms with Crippen molar-refractivity contribution in [2.75, 3.05) is 31.3 Å². The van der Waals surface area contributed by atoms with E-state index in [2.05, 4.69) is 27.5 Å². The van der Waals surface area contributed by atoms with E-state index >= 15 is 0 Å². The summed E-state index contributed by atoms with van der Waals surface area (Å²) in [6.07, 6.45) is 4.15. The molecule has 2 aromatic heterocycles. The number of hydrogen-bond donors (Lipinski definition) is 3. The molecule has 0 bridgehead atoms. The Morgan fingerprint density at radius 2 is 2.00 bits per heavy atom. The van der Waals surface area contributed by atoms with Crippen molar-refractivity contribution < 1.29 is 14.3 Å². The van der Waals surface area contributed by atoms with Crippen LogP contribution in [-0.4, -0.2) is 46.6 Å². The number of hydrogen-bond acceptors (Lipinski definition) is 6. The summed E-state index contributed by atoms with van der Waals surface area (Å²) in [7, 11) is 1.64. The molecule has 0 saturated carbocycles. The number of carbonyl (C=O) groups excluding carboxylic acids is 2. The quantitative estimate of drug-likeness (QED) is 0.340. The molecule has 0 fully saturated rings. The van der Waals surface area contributed by atoms with Crippen molar-refractivity contribution in [2.24, 2.45) is 0 Å². The molecule has 2 amide bonds. The van der Waals surface area contributed by atoms with E-state index in [9.17, 15) is 9.59 Å². The Labute approximate surface area is 181 Å². The highest BCUT2D eigenvalue weighted by Gasteiger charge is 2.17. The second-order valence-corrected chi connectivity index (χ2v) is 7.19. The first kappa shape index (κ1) is 22.2. The summed E-state index contributed by atoms with van der Waals surface area (Å²) in [5.41, 5.74) is 8.27. The van der Waals surface area contributed by atoms with Crippen LogP contribution in [0.2, 0.25) is 0 Å². The number of nitrogens with one attached hydrogen (secondary N) is 2. The number of fused-ring (bicyclic) bond motifs is 1. The summed E-state index contributed by atoms with van der Waals surface area (Å²) >= 11 is 0. The van der Waals surface area contributed by atoms with Gasteiger partial charge in [-0.15, -0.1) is 0 Å². The predicted molar refractivity (Wildman–Crippen MR) is 120 cm³/mol. The van der Waals surface area contributed by atoms with Crippen LogP contribution in [0.25, 0.3) is 11.2 Å². The van der Waals surface area contributed by atoms with Crippen LogP contribution in [0.1, 0.15) is 46.9 Å². The lowest BCUT2D eigenvalue weighted by Gasteiger charge is -2.10. The Bertz CT molecular complexity index is 1060. The summed E-state index contributed by atoms with van der Waals surface area (Å²) in [6.45, 7) is 3.78. The average molecular weight is 425 g/mol. The molecule has 164 valence electrons. The van der Waals surface area contributed by atoms with Gasteiger partial charge in [0, 0.05) is 44.3 Å². The van der Waals surface area contributed by atoms with Gasteiger partial charge in [-0.2, -0.15) is 0 Å². The smallest absolute Gasteiger partial charge is 0.258 e. The van der Waals surface area contributed by atoms with Gasteiger partial charge in [-0.05, 0) is 37.1 Å². The van der Waals surface area contributed by atoms with E-state index in [1.54, 1.807) is 37.4 Å². The van der Waals surface area contributed by atoms with E-state index in [1.807, 2.05) is 4.57 Å². The van der Waals surface area contributed by atoms with E-state index in [-0.39, 0.29) is 11.8 Å². The minimum absolute atomic E-state index is 0.192. The standard InChI is InChI=1S/C22H28N6O3/c1-3-4-9-24-20(29)16-13-18-19(25-14-16)28(10-6-11-31-2)22(26-18)27-21(30)15-7-5-8-17(23)12-15/h5,7-8,12-14H,3-4,6,9-11,23H2,1-2H3,(H,24,29)(H,26,27,30). The number of amides is 2. The van der Waals surface area contributed by atoms with Crippen LogP contribution in [0, 0.1) is 0 Å². The first-order chi connectivity index (χ1) is 15.0. The van der Waals surface area contributed by atoms with Gasteiger partial charge in [0.25, 0.3) is 11.8 Å². The zero-order valence-electron chi connectivity index (χ0n) is 17.9. The van der Waals surface area contributed by atoms with Crippen LogP contribution in [0.3, 0.4) is 0 Å². The maximum absolute atomic E-state index is 12.7. The Balaban J connectivity index is 1.89. The Kier molecular flexibility index (Phi) is 7.55. The molecule has 3 rings (SSSR count). The van der Waals surface area contributed by atoms with Gasteiger partial charge in [0.2, 0.25) is 5.95 Å². The zero-order valence-corrected chi connectivity index (χ0v) is 17.9. The molecule has 0 aliphatic heterocycles. The molecule has 0 aliphatic rings. The lowest BCUT2D eigenvalue weighted by Crippen LogP contribution is -2.24. The maximum Gasteiger partial charge on any atom is 0.258 e. The lowest BCUT2D eigenvalue weighted by atomic mass is 10.2. The van der Waals surface area contributed by atoms with Crippen LogP contribution < -0.4 is 16.4 Å². The average Bonchev–Trinajstić information content (AvgIpc) is 3.10. The number of methoxy groups -OCH3 is 1. The van der Waals surface area contributed by atoms with Gasteiger partial charge in [-0.3, -0.25) is 19.5 Å². The number of carbonyl (C=O) groups is 2. The van der Waals surface area contributed by atoms with E-state index in [0.29, 0.717) is 60.0 Å². The number of imidazole rings is 1. The number of pyridine rings is 1. The molecule has 0 unspecified atom stereocenters. The van der Waals surface area contributed by atoms with E-state index in [1.165, 1.54) is 6.20 Å². The number of nitrogen functional groups attached to an aromatic ring is 1. The fourth-order valence-electron chi connectivity index (χ4n) is 3.14. The van der Waals surface area contributed by atoms with E-state index in [0.717, 1.165) is 12.8 Å². The molecule has 0 spiro atoms. The van der Waals surface area contributed by atoms with Crippen molar-refractivity contribution in [2.45, 2.75) is 32.7 Å². The minimum atomic E-state index is -0.326. The highest BCUT2D eigenvalue weighted by molar-refractivity contribution is 6.04. The van der Waals surface area contributed by atoms with Crippen LogP contribution in [0.15, 0.2) is 36.5 Å². The second-order valence-electron chi connectivity index (χ2n) is 7.19. The minimum Gasteiger partial charge on any atom is -0.399 e. The molecular weight excluding hydrogens is 396 g/mol. The highest BCUT2D eigenvalue weighted by atomic mass is 16.5. The fraction of sp³-hybridized carbons (Fsp3) is 0.364. The van der Waals surface area contributed by atoms with Gasteiger partial charge in [0.15, 0.2) is 5.65 Å². The lowest BCUT2D eigenvalue weighted by molar-refractivity contribution is 0.0952. The summed E-state index contributed by atoms with van der Waals surface area (Å²) in [5.74, 6) is -0.162. The molecule has 0 radical (unpaired) electrons. The van der Waals surface area contributed by atoms with Crippen molar-refractivity contribution >= 4 is 34.6 Å². The molecule has 31 heavy (non-hydrogen) atoms. The normalized spacial score (nSPS) is 10.9. The summed E-state index contributed by atoms with van der Waals surface area (Å²) < 4.78 is 6.96. The number of anilines is 2. The highest BCUT2D eigenvalue weighted by Crippen LogP contribution is 2.21. The van der Waals surface area contributed by atoms with E-state index in [4.69, 9.17) is 10.5 Å². The zero-order chi connectivity index (χ0) is 22.2. The molecule has 4 N–H and O–H groups in total. The second kappa shape index (κ2) is 10.5. The third-order valence-electron chi connectivity index (χ3n) is 4.77. The fourth-order valence-corrected chi connectivity index (χ4v) is 3.14. The summed E-state index contributed by atoms with van der Waals surface area (Å²) in [5, 5.41) is 5.71. The molecule has 1 aromatic carbocycles. The number of ether oxygens (including phenoxy) is 1. The van der Waals surface area contributed by atoms with Gasteiger partial charge in [0.1, 0.15) is 5.52 Å². The van der Waals surface area contributed by atoms with Crippen molar-refractivity contribution in [3.63, 3.8) is 0 Å². The van der Waals surface area contributed by atoms with Crippen molar-refractivity contribution in [3.05, 3.63) is 47.7 Å². The van der Waals surface area contributed by atoms with Crippen molar-refractivity contribution in [3.8, 4) is 0 Å². The number of nitrogens with two attached hydrogens (primary N) is 1. The van der Waals surface area contributed by atoms with Crippen LogP contribution in [0.5, 0.6) is 0 Å². The monoisotopic (exact) mass is 424 g/mol. The van der Waals surface area contributed by atoms with Crippen LogP contribution >= 0.6 is 0 Å². The number of rotatable bonds is 10. The number of benzene rings is 1. The third-order valence-corrected chi connectivity index (χ3v) is 4.77. The predicted octanol–water partition coefficient (Wildman–Crippen LogP) is 2.83. The number of aryl methyl sites for hydroxylation is 1. The topological polar surface area (TPSA) is 124 Å². The summed E-state index contributed by atoms with van der Waals surface area (Å²) in [6, 6.07) is 8.40. The number of aromatic nitrogens is 3. The largest absolute Gasteiger partial charge is 0.399 e. The Hall–Kier alpha value is -3.46. The Morgan fingerprint density at radius 1 is 1.16 bits per heavy atom. The molecule has 3 aromatic rings. The van der Waals surface area contributed by atoms with Crippen LogP contribution in [-0.2, 0) is 11.3 Å². The molecule has 9 nitrogen and oxygen atoms in total. The molecule has 0 atom stereocenters. The van der Waals surface area contributed by atoms with Crippen molar-refractivity contribution in [1.82, 2.24) is 19.9 Å². The van der Waals surface area contributed by atoms with Gasteiger partial charge >= 0.3 is 0 Å². The SMILES string of the molecule is CCCCNC(=O)c1cnc2c(c1)nc(NC(=O)c1cccc(N)c1)n2CCCOC. The van der Waals surface area contributed by atoms with Gasteiger partial charge in [-0.25, -0.2) is 9.97 Å². The maximum atomic E-state index is 12.7. The first-order valence-corrected chi connectivity index (χ1v) is 10.3. The molecular formula is C22H28N6O3. The molecule has 0 saturated heterocycles. The van der Waals surface area contributed by atoms with Gasteiger partial charge < -0.3 is 15.8 Å². The molecule has 0 aliphatic carbocycles. The third kappa shape index (κ3) is 5.58. The van der Waals surface area contributed by atoms with Gasteiger partial charge in [0.05, 0.1) is 5.56 Å². The first-order valence-electron chi connectivity index (χ1n) is 10.3. The number of nitrogens with zero attached hydrogens (tertiary/aromatic N) is 3. The Morgan fingerprint density at radius 3 is 2.74 bits per heavy atom.